The Morgan fingerprint density at radius 3 is 1.64 bits per heavy atom. The summed E-state index contributed by atoms with van der Waals surface area (Å²) < 4.78 is 42.8. The van der Waals surface area contributed by atoms with E-state index in [0.717, 1.165) is 16.8 Å². The van der Waals surface area contributed by atoms with Crippen molar-refractivity contribution in [1.29, 1.82) is 0 Å². The molecule has 0 spiro atoms. The fraction of sp³-hybridized carbons (Fsp3) is 0.0741. The van der Waals surface area contributed by atoms with Crippen molar-refractivity contribution < 1.29 is 42.9 Å². The molecular formula is C27H17F3N6O6. The number of aromatic carboxylic acids is 3. The molecular weight excluding hydrogens is 561 g/mol. The zero-order valence-electron chi connectivity index (χ0n) is 21.2. The van der Waals surface area contributed by atoms with Gasteiger partial charge in [0.2, 0.25) is 0 Å². The molecule has 0 aliphatic rings. The molecule has 212 valence electrons. The average Bonchev–Trinajstić information content (AvgIpc) is 3.62. The second-order valence-corrected chi connectivity index (χ2v) is 9.04. The number of rotatable bonds is 7. The summed E-state index contributed by atoms with van der Waals surface area (Å²) in [7, 11) is 0. The molecule has 2 aromatic heterocycles. The lowest BCUT2D eigenvalue weighted by atomic mass is 10.0. The van der Waals surface area contributed by atoms with E-state index in [2.05, 4.69) is 20.6 Å². The van der Waals surface area contributed by atoms with E-state index in [4.69, 9.17) is 5.11 Å². The van der Waals surface area contributed by atoms with Crippen molar-refractivity contribution in [3.63, 3.8) is 0 Å². The van der Waals surface area contributed by atoms with E-state index in [1.165, 1.54) is 35.3 Å². The normalized spacial score (nSPS) is 11.4. The first kappa shape index (κ1) is 27.7. The highest BCUT2D eigenvalue weighted by Crippen LogP contribution is 2.34. The third-order valence-electron chi connectivity index (χ3n) is 6.27. The molecule has 0 amide bonds. The minimum absolute atomic E-state index is 0.113. The Kier molecular flexibility index (Phi) is 6.77. The first-order chi connectivity index (χ1) is 19.8. The van der Waals surface area contributed by atoms with E-state index in [0.29, 0.717) is 22.9 Å². The van der Waals surface area contributed by atoms with Gasteiger partial charge in [-0.25, -0.2) is 23.7 Å². The second-order valence-electron chi connectivity index (χ2n) is 9.04. The second kappa shape index (κ2) is 10.3. The van der Waals surface area contributed by atoms with E-state index in [1.807, 2.05) is 0 Å². The third-order valence-corrected chi connectivity index (χ3v) is 6.27. The minimum Gasteiger partial charge on any atom is -0.478 e. The summed E-state index contributed by atoms with van der Waals surface area (Å²) in [5.41, 5.74) is -0.448. The topological polar surface area (TPSA) is 173 Å². The smallest absolute Gasteiger partial charge is 0.417 e. The predicted octanol–water partition coefficient (Wildman–Crippen LogP) is 4.60. The maximum atomic E-state index is 13.5. The SMILES string of the molecule is Cc1cc(-n2cc(-c3cc(C(=O)O)cc(-c4cn(-c5ccc(C(=O)O)c(C(F)(F)F)c5)nn4)c3)nn2)ccc1C(=O)O. The van der Waals surface area contributed by atoms with Crippen molar-refractivity contribution in [3.8, 4) is 33.9 Å². The van der Waals surface area contributed by atoms with Crippen molar-refractivity contribution in [2.75, 3.05) is 0 Å². The minimum atomic E-state index is -4.94. The Labute approximate surface area is 232 Å². The highest BCUT2D eigenvalue weighted by Gasteiger charge is 2.36. The number of carboxylic acid groups (broad SMARTS) is 3. The molecule has 5 aromatic rings. The van der Waals surface area contributed by atoms with E-state index in [9.17, 15) is 37.8 Å². The molecule has 0 unspecified atom stereocenters. The van der Waals surface area contributed by atoms with Gasteiger partial charge in [0.05, 0.1) is 46.0 Å². The molecule has 15 heteroatoms. The van der Waals surface area contributed by atoms with Gasteiger partial charge in [-0.3, -0.25) is 0 Å². The van der Waals surface area contributed by atoms with Crippen molar-refractivity contribution in [1.82, 2.24) is 30.0 Å². The van der Waals surface area contributed by atoms with Crippen molar-refractivity contribution in [3.05, 3.63) is 94.8 Å². The first-order valence-corrected chi connectivity index (χ1v) is 11.8. The number of hydrogen-bond donors (Lipinski definition) is 3. The van der Waals surface area contributed by atoms with Gasteiger partial charge in [-0.05, 0) is 67.1 Å². The number of benzene rings is 3. The summed E-state index contributed by atoms with van der Waals surface area (Å²) in [5.74, 6) is -4.08. The molecule has 0 fully saturated rings. The Morgan fingerprint density at radius 1 is 0.690 bits per heavy atom. The van der Waals surface area contributed by atoms with Gasteiger partial charge in [-0.15, -0.1) is 10.2 Å². The highest BCUT2D eigenvalue weighted by molar-refractivity contribution is 5.92. The van der Waals surface area contributed by atoms with Gasteiger partial charge < -0.3 is 15.3 Å². The van der Waals surface area contributed by atoms with E-state index >= 15 is 0 Å². The first-order valence-electron chi connectivity index (χ1n) is 11.8. The Balaban J connectivity index is 1.52. The maximum Gasteiger partial charge on any atom is 0.417 e. The summed E-state index contributed by atoms with van der Waals surface area (Å²) in [4.78, 5) is 34.4. The summed E-state index contributed by atoms with van der Waals surface area (Å²) in [6.45, 7) is 1.63. The fourth-order valence-electron chi connectivity index (χ4n) is 4.22. The number of nitrogens with zero attached hydrogens (tertiary/aromatic N) is 6. The van der Waals surface area contributed by atoms with Crippen molar-refractivity contribution >= 4 is 17.9 Å². The van der Waals surface area contributed by atoms with Crippen molar-refractivity contribution in [2.45, 2.75) is 13.1 Å². The Hall–Kier alpha value is -5.86. The Morgan fingerprint density at radius 2 is 1.19 bits per heavy atom. The summed E-state index contributed by atoms with van der Waals surface area (Å²) >= 11 is 0. The number of alkyl halides is 3. The van der Waals surface area contributed by atoms with Gasteiger partial charge >= 0.3 is 24.1 Å². The molecule has 2 heterocycles. The molecule has 42 heavy (non-hydrogen) atoms. The van der Waals surface area contributed by atoms with Gasteiger partial charge in [-0.1, -0.05) is 10.4 Å². The molecule has 0 saturated carbocycles. The zero-order chi connectivity index (χ0) is 30.3. The molecule has 12 nitrogen and oxygen atoms in total. The van der Waals surface area contributed by atoms with Crippen LogP contribution in [-0.2, 0) is 6.18 Å². The number of carbonyl (C=O) groups is 3. The predicted molar refractivity (Wildman–Crippen MR) is 138 cm³/mol. The van der Waals surface area contributed by atoms with Crippen LogP contribution in [0.4, 0.5) is 13.2 Å². The van der Waals surface area contributed by atoms with Gasteiger partial charge in [0.15, 0.2) is 0 Å². The lowest BCUT2D eigenvalue weighted by Gasteiger charge is -2.11. The number of aryl methyl sites for hydroxylation is 1. The average molecular weight is 578 g/mol. The fourth-order valence-corrected chi connectivity index (χ4v) is 4.22. The number of aromatic nitrogens is 6. The standard InChI is InChI=1S/C27H17F3N6O6/c1-13-6-17(2-4-19(13)25(39)40)35-11-22(31-33-35)14-7-15(9-16(8-14)24(37)38)23-12-36(34-32-23)18-3-5-20(26(41)42)21(10-18)27(28,29)30/h2-12H,1H3,(H,37,38)(H,39,40)(H,41,42). The van der Waals surface area contributed by atoms with Crippen LogP contribution < -0.4 is 0 Å². The van der Waals surface area contributed by atoms with Crippen LogP contribution in [-0.4, -0.2) is 63.2 Å². The molecule has 0 saturated heterocycles. The van der Waals surface area contributed by atoms with Crippen molar-refractivity contribution in [2.24, 2.45) is 0 Å². The van der Waals surface area contributed by atoms with Crippen LogP contribution in [0.15, 0.2) is 67.0 Å². The molecule has 3 N–H and O–H groups in total. The number of carboxylic acids is 3. The van der Waals surface area contributed by atoms with Gasteiger partial charge in [0.25, 0.3) is 0 Å². The molecule has 0 bridgehead atoms. The third kappa shape index (κ3) is 5.30. The van der Waals surface area contributed by atoms with Crippen LogP contribution in [0.2, 0.25) is 0 Å². The summed E-state index contributed by atoms with van der Waals surface area (Å²) in [5, 5.41) is 44.0. The summed E-state index contributed by atoms with van der Waals surface area (Å²) in [6, 6.07) is 11.3. The molecule has 0 aliphatic carbocycles. The van der Waals surface area contributed by atoms with Crippen LogP contribution in [0.25, 0.3) is 33.9 Å². The van der Waals surface area contributed by atoms with E-state index in [1.54, 1.807) is 25.1 Å². The zero-order valence-corrected chi connectivity index (χ0v) is 21.2. The molecule has 0 radical (unpaired) electrons. The quantitative estimate of drug-likeness (QED) is 0.248. The van der Waals surface area contributed by atoms with Crippen LogP contribution in [0.5, 0.6) is 0 Å². The largest absolute Gasteiger partial charge is 0.478 e. The van der Waals surface area contributed by atoms with E-state index in [-0.39, 0.29) is 33.8 Å². The van der Waals surface area contributed by atoms with Crippen LogP contribution in [0, 0.1) is 6.92 Å². The summed E-state index contributed by atoms with van der Waals surface area (Å²) in [6.07, 6.45) is -2.16. The van der Waals surface area contributed by atoms with Crippen LogP contribution in [0.1, 0.15) is 42.2 Å². The molecule has 0 aliphatic heterocycles. The lowest BCUT2D eigenvalue weighted by Crippen LogP contribution is -2.14. The van der Waals surface area contributed by atoms with E-state index < -0.39 is 35.2 Å². The highest BCUT2D eigenvalue weighted by atomic mass is 19.4. The van der Waals surface area contributed by atoms with Gasteiger partial charge in [0.1, 0.15) is 11.4 Å². The maximum absolute atomic E-state index is 13.5. The van der Waals surface area contributed by atoms with Gasteiger partial charge in [0, 0.05) is 11.1 Å². The van der Waals surface area contributed by atoms with Crippen LogP contribution in [0.3, 0.4) is 0 Å². The number of hydrogen-bond acceptors (Lipinski definition) is 7. The molecule has 5 rings (SSSR count). The molecule has 0 atom stereocenters. The lowest BCUT2D eigenvalue weighted by molar-refractivity contribution is -0.138. The van der Waals surface area contributed by atoms with Gasteiger partial charge in [-0.2, -0.15) is 13.2 Å². The number of halogens is 3. The van der Waals surface area contributed by atoms with Crippen LogP contribution >= 0.6 is 0 Å². The molecule has 3 aromatic carbocycles. The Bertz CT molecular complexity index is 1900. The monoisotopic (exact) mass is 578 g/mol.